The summed E-state index contributed by atoms with van der Waals surface area (Å²) < 4.78 is 21.6. The van der Waals surface area contributed by atoms with Crippen molar-refractivity contribution in [1.29, 1.82) is 0 Å². The largest absolute Gasteiger partial charge is 0.462 e. The van der Waals surface area contributed by atoms with Crippen LogP contribution in [0, 0.1) is 12.4 Å². The van der Waals surface area contributed by atoms with Gasteiger partial charge >= 0.3 is 6.01 Å². The van der Waals surface area contributed by atoms with Crippen LogP contribution in [0.3, 0.4) is 0 Å². The van der Waals surface area contributed by atoms with Gasteiger partial charge in [0.05, 0.1) is 17.9 Å². The van der Waals surface area contributed by atoms with Gasteiger partial charge in [0, 0.05) is 43.2 Å². The molecule has 4 heterocycles. The molecule has 1 unspecified atom stereocenters. The molecular formula is C32H38FN7O2S. The smallest absolute Gasteiger partial charge is 0.318 e. The Hall–Kier alpha value is -3.88. The molecule has 9 nitrogen and oxygen atoms in total. The Balaban J connectivity index is 0.00000368. The van der Waals surface area contributed by atoms with Gasteiger partial charge in [0.1, 0.15) is 24.3 Å². The maximum atomic E-state index is 15.3. The number of carbonyl (C=O) groups excluding carboxylic acids is 1. The molecule has 3 aliphatic rings. The van der Waals surface area contributed by atoms with Gasteiger partial charge in [0.2, 0.25) is 12.5 Å². The van der Waals surface area contributed by atoms with Crippen LogP contribution >= 0.6 is 13.5 Å². The predicted molar refractivity (Wildman–Crippen MR) is 172 cm³/mol. The highest BCUT2D eigenvalue weighted by molar-refractivity contribution is 7.59. The lowest BCUT2D eigenvalue weighted by Gasteiger charge is -2.41. The minimum Gasteiger partial charge on any atom is -0.462 e. The fourth-order valence-corrected chi connectivity index (χ4v) is 6.53. The summed E-state index contributed by atoms with van der Waals surface area (Å²) in [5, 5.41) is 1.87. The van der Waals surface area contributed by atoms with Crippen molar-refractivity contribution in [2.45, 2.75) is 37.9 Å². The highest BCUT2D eigenvalue weighted by Crippen LogP contribution is 2.36. The molecule has 2 atom stereocenters. The lowest BCUT2D eigenvalue weighted by Crippen LogP contribution is -2.56. The highest BCUT2D eigenvalue weighted by Gasteiger charge is 2.35. The summed E-state index contributed by atoms with van der Waals surface area (Å²) >= 11 is 0. The molecule has 0 aliphatic carbocycles. The van der Waals surface area contributed by atoms with Crippen LogP contribution in [0.5, 0.6) is 6.01 Å². The Morgan fingerprint density at radius 1 is 1.14 bits per heavy atom. The highest BCUT2D eigenvalue weighted by atomic mass is 32.1. The average Bonchev–Trinajstić information content (AvgIpc) is 3.43. The van der Waals surface area contributed by atoms with Gasteiger partial charge in [-0.15, -0.1) is 0 Å². The van der Waals surface area contributed by atoms with Crippen molar-refractivity contribution in [3.8, 4) is 6.01 Å². The molecule has 3 aromatic rings. The van der Waals surface area contributed by atoms with Crippen molar-refractivity contribution in [3.63, 3.8) is 0 Å². The molecule has 0 saturated carbocycles. The normalized spacial score (nSPS) is 20.3. The van der Waals surface area contributed by atoms with Gasteiger partial charge in [-0.1, -0.05) is 36.9 Å². The van der Waals surface area contributed by atoms with E-state index in [1.54, 1.807) is 4.90 Å². The minimum atomic E-state index is -0.270. The van der Waals surface area contributed by atoms with E-state index < -0.39 is 0 Å². The number of benzene rings is 2. The molecule has 2 fully saturated rings. The molecule has 0 spiro atoms. The number of nitrogens with zero attached hydrogens (tertiary/aromatic N) is 7. The Morgan fingerprint density at radius 2 is 1.98 bits per heavy atom. The summed E-state index contributed by atoms with van der Waals surface area (Å²) in [6.45, 7) is 15.4. The number of hydrogen-bond acceptors (Lipinski definition) is 7. The Bertz CT molecular complexity index is 1550. The quantitative estimate of drug-likeness (QED) is 0.298. The maximum absolute atomic E-state index is 15.3. The van der Waals surface area contributed by atoms with Gasteiger partial charge < -0.3 is 29.2 Å². The van der Waals surface area contributed by atoms with Crippen LogP contribution in [0.4, 0.5) is 15.9 Å². The van der Waals surface area contributed by atoms with Gasteiger partial charge in [-0.25, -0.2) is 11.0 Å². The molecule has 0 bridgehead atoms. The molecule has 11 heteroatoms. The van der Waals surface area contributed by atoms with Gasteiger partial charge in [0.15, 0.2) is 0 Å². The number of aromatic nitrogens is 2. The number of carbonyl (C=O) groups is 1. The summed E-state index contributed by atoms with van der Waals surface area (Å²) in [6, 6.07) is 11.6. The number of ether oxygens (including phenoxy) is 1. The number of likely N-dealkylation sites (tertiary alicyclic amines) is 1. The standard InChI is InChI=1S/C32H36FN7O2.H2S/c1-4-29(41)40-17-16-39(19-24(40)18-34-2)31-26-13-15-38(30-25-10-6-5-8-22(25)11-12-27(30)33)20-28(26)35-32(36-31)42-21-23-9-7-14-37(23)3;/h4-6,8,10-12,23-24H,1,7,9,13-21H2,3H3;1H2/t23-,24?;/m0./s1. The van der Waals surface area contributed by atoms with Crippen molar-refractivity contribution >= 4 is 41.7 Å². The summed E-state index contributed by atoms with van der Waals surface area (Å²) in [4.78, 5) is 34.2. The Morgan fingerprint density at radius 3 is 2.74 bits per heavy atom. The molecule has 43 heavy (non-hydrogen) atoms. The third-order valence-corrected chi connectivity index (χ3v) is 8.81. The molecule has 1 amide bonds. The average molecular weight is 604 g/mol. The molecule has 3 aliphatic heterocycles. The Kier molecular flexibility index (Phi) is 9.37. The van der Waals surface area contributed by atoms with Crippen LogP contribution in [-0.4, -0.2) is 90.7 Å². The van der Waals surface area contributed by atoms with Crippen molar-refractivity contribution in [1.82, 2.24) is 19.8 Å². The maximum Gasteiger partial charge on any atom is 0.318 e. The van der Waals surface area contributed by atoms with E-state index in [-0.39, 0.29) is 37.8 Å². The SMILES string of the molecule is S.[C-]#[N+]CC1CN(c2nc(OC[C@@H]3CCCN3C)nc3c2CCN(c2c(F)ccc4ccccc24)C3)CCN1C(=O)C=C. The molecule has 2 saturated heterocycles. The molecular weight excluding hydrogens is 565 g/mol. The third-order valence-electron chi connectivity index (χ3n) is 8.81. The number of piperazine rings is 1. The van der Waals surface area contributed by atoms with E-state index >= 15 is 4.39 Å². The number of rotatable bonds is 7. The van der Waals surface area contributed by atoms with Crippen LogP contribution in [0.1, 0.15) is 24.1 Å². The first-order valence-electron chi connectivity index (χ1n) is 14.6. The molecule has 0 radical (unpaired) electrons. The van der Waals surface area contributed by atoms with E-state index in [0.29, 0.717) is 63.5 Å². The molecule has 2 aromatic carbocycles. The van der Waals surface area contributed by atoms with Crippen molar-refractivity contribution < 1.29 is 13.9 Å². The predicted octanol–water partition coefficient (Wildman–Crippen LogP) is 4.04. The van der Waals surface area contributed by atoms with Crippen LogP contribution in [0.25, 0.3) is 15.6 Å². The number of likely N-dealkylation sites (N-methyl/N-ethyl adjacent to an activating group) is 1. The number of hydrogen-bond donors (Lipinski definition) is 0. The zero-order valence-electron chi connectivity index (χ0n) is 24.5. The second kappa shape index (κ2) is 13.2. The van der Waals surface area contributed by atoms with E-state index in [1.807, 2.05) is 30.3 Å². The topological polar surface area (TPSA) is 69.4 Å². The van der Waals surface area contributed by atoms with Crippen LogP contribution in [0.15, 0.2) is 49.1 Å². The van der Waals surface area contributed by atoms with Crippen LogP contribution in [-0.2, 0) is 17.8 Å². The second-order valence-corrected chi connectivity index (χ2v) is 11.3. The van der Waals surface area contributed by atoms with E-state index in [9.17, 15) is 4.79 Å². The van der Waals surface area contributed by atoms with Crippen molar-refractivity contribution in [2.75, 3.05) is 62.7 Å². The summed E-state index contributed by atoms with van der Waals surface area (Å²) in [6.07, 6.45) is 4.16. The fourth-order valence-electron chi connectivity index (χ4n) is 6.53. The van der Waals surface area contributed by atoms with E-state index in [2.05, 4.69) is 33.2 Å². The number of fused-ring (bicyclic) bond motifs is 2. The van der Waals surface area contributed by atoms with Gasteiger partial charge in [-0.2, -0.15) is 23.5 Å². The van der Waals surface area contributed by atoms with E-state index in [0.717, 1.165) is 47.2 Å². The first-order valence-corrected chi connectivity index (χ1v) is 14.6. The van der Waals surface area contributed by atoms with Crippen molar-refractivity contribution in [2.24, 2.45) is 0 Å². The van der Waals surface area contributed by atoms with Gasteiger partial charge in [-0.05, 0) is 50.4 Å². The molecule has 6 rings (SSSR count). The zero-order chi connectivity index (χ0) is 29.2. The monoisotopic (exact) mass is 603 g/mol. The lowest BCUT2D eigenvalue weighted by molar-refractivity contribution is -0.128. The third kappa shape index (κ3) is 6.12. The van der Waals surface area contributed by atoms with Crippen LogP contribution < -0.4 is 14.5 Å². The summed E-state index contributed by atoms with van der Waals surface area (Å²) in [5.41, 5.74) is 2.42. The molecule has 1 aromatic heterocycles. The zero-order valence-corrected chi connectivity index (χ0v) is 25.5. The van der Waals surface area contributed by atoms with Gasteiger partial charge in [-0.3, -0.25) is 4.79 Å². The Labute approximate surface area is 259 Å². The first kappa shape index (κ1) is 30.6. The van der Waals surface area contributed by atoms with E-state index in [1.165, 1.54) is 12.1 Å². The lowest BCUT2D eigenvalue weighted by atomic mass is 10.0. The fraction of sp³-hybridized carbons (Fsp3) is 0.438. The minimum absolute atomic E-state index is 0. The van der Waals surface area contributed by atoms with E-state index in [4.69, 9.17) is 21.3 Å². The summed E-state index contributed by atoms with van der Waals surface area (Å²) in [5.74, 6) is 0.371. The van der Waals surface area contributed by atoms with Gasteiger partial charge in [0.25, 0.3) is 0 Å². The number of anilines is 2. The van der Waals surface area contributed by atoms with Crippen LogP contribution in [0.2, 0.25) is 0 Å². The number of amides is 1. The number of halogens is 1. The van der Waals surface area contributed by atoms with Crippen molar-refractivity contribution in [3.05, 3.63) is 77.5 Å². The first-order chi connectivity index (χ1) is 20.5. The second-order valence-electron chi connectivity index (χ2n) is 11.3. The summed E-state index contributed by atoms with van der Waals surface area (Å²) in [7, 11) is 2.11. The molecule has 0 N–H and O–H groups in total. The molecule has 226 valence electrons.